The zero-order valence-corrected chi connectivity index (χ0v) is 20.1. The standard InChI is InChI=1S/C25H30FN5O2S/c1-19-9-12-25(20-6-3-2-4-7-20)34(32,33)31(19)15-21-10-11-22(14-24(21)26)29-13-5-8-23(16-29)30-17-27-28-18-30/h2-4,6-7,10-11,14,17-19,23,25H,5,8-9,12-13,15-16H2,1H3. The third-order valence-corrected chi connectivity index (χ3v) is 9.55. The number of piperidine rings is 1. The highest BCUT2D eigenvalue weighted by atomic mass is 32.2. The summed E-state index contributed by atoms with van der Waals surface area (Å²) in [6.07, 6.45) is 6.80. The number of hydrogen-bond acceptors (Lipinski definition) is 5. The van der Waals surface area contributed by atoms with E-state index in [0.29, 0.717) is 12.0 Å². The normalized spacial score (nSPS) is 25.4. The van der Waals surface area contributed by atoms with Gasteiger partial charge < -0.3 is 9.47 Å². The Bertz CT molecular complexity index is 1220. The zero-order valence-electron chi connectivity index (χ0n) is 19.3. The van der Waals surface area contributed by atoms with Crippen molar-refractivity contribution in [3.8, 4) is 0 Å². The number of nitrogens with zero attached hydrogens (tertiary/aromatic N) is 5. The van der Waals surface area contributed by atoms with Crippen LogP contribution in [0.2, 0.25) is 0 Å². The van der Waals surface area contributed by atoms with E-state index in [9.17, 15) is 8.42 Å². The molecule has 3 unspecified atom stereocenters. The van der Waals surface area contributed by atoms with E-state index in [1.165, 1.54) is 4.31 Å². The van der Waals surface area contributed by atoms with Gasteiger partial charge in [0, 0.05) is 36.9 Å². The van der Waals surface area contributed by atoms with Crippen LogP contribution in [0.5, 0.6) is 0 Å². The largest absolute Gasteiger partial charge is 0.369 e. The Balaban J connectivity index is 1.34. The number of benzene rings is 2. The SMILES string of the molecule is CC1CCC(c2ccccc2)S(=O)(=O)N1Cc1ccc(N2CCCC(n3cnnc3)C2)cc1F. The first-order chi connectivity index (χ1) is 16.4. The van der Waals surface area contributed by atoms with Gasteiger partial charge in [0.1, 0.15) is 23.7 Å². The highest BCUT2D eigenvalue weighted by Crippen LogP contribution is 2.38. The summed E-state index contributed by atoms with van der Waals surface area (Å²) >= 11 is 0. The maximum Gasteiger partial charge on any atom is 0.221 e. The fourth-order valence-electron chi connectivity index (χ4n) is 5.21. The molecular weight excluding hydrogens is 453 g/mol. The van der Waals surface area contributed by atoms with Crippen LogP contribution >= 0.6 is 0 Å². The Morgan fingerprint density at radius 2 is 1.79 bits per heavy atom. The molecule has 0 amide bonds. The average Bonchev–Trinajstić information content (AvgIpc) is 3.38. The first-order valence-corrected chi connectivity index (χ1v) is 13.4. The second-order valence-electron chi connectivity index (χ2n) is 9.34. The molecule has 34 heavy (non-hydrogen) atoms. The molecule has 2 fully saturated rings. The van der Waals surface area contributed by atoms with Gasteiger partial charge in [0.2, 0.25) is 10.0 Å². The highest BCUT2D eigenvalue weighted by Gasteiger charge is 2.40. The molecule has 3 heterocycles. The average molecular weight is 484 g/mol. The van der Waals surface area contributed by atoms with E-state index in [1.807, 2.05) is 47.9 Å². The Kier molecular flexibility index (Phi) is 6.40. The first kappa shape index (κ1) is 23.0. The minimum atomic E-state index is -3.60. The lowest BCUT2D eigenvalue weighted by Crippen LogP contribution is -2.44. The summed E-state index contributed by atoms with van der Waals surface area (Å²) in [5, 5.41) is 7.21. The molecule has 2 aliphatic rings. The summed E-state index contributed by atoms with van der Waals surface area (Å²) in [5.74, 6) is -0.367. The van der Waals surface area contributed by atoms with E-state index in [-0.39, 0.29) is 24.4 Å². The molecule has 1 aromatic heterocycles. The second kappa shape index (κ2) is 9.46. The molecule has 0 saturated carbocycles. The van der Waals surface area contributed by atoms with Crippen molar-refractivity contribution in [1.82, 2.24) is 19.1 Å². The van der Waals surface area contributed by atoms with Crippen molar-refractivity contribution in [1.29, 1.82) is 0 Å². The molecule has 7 nitrogen and oxygen atoms in total. The minimum Gasteiger partial charge on any atom is -0.369 e. The molecule has 0 bridgehead atoms. The summed E-state index contributed by atoms with van der Waals surface area (Å²) < 4.78 is 45.7. The van der Waals surface area contributed by atoms with E-state index in [2.05, 4.69) is 15.1 Å². The number of hydrogen-bond donors (Lipinski definition) is 0. The second-order valence-corrected chi connectivity index (χ2v) is 11.4. The maximum absolute atomic E-state index is 15.3. The number of rotatable bonds is 5. The van der Waals surface area contributed by atoms with E-state index in [0.717, 1.165) is 43.6 Å². The molecule has 0 spiro atoms. The van der Waals surface area contributed by atoms with Crippen LogP contribution in [-0.4, -0.2) is 46.6 Å². The predicted octanol–water partition coefficient (Wildman–Crippen LogP) is 4.31. The van der Waals surface area contributed by atoms with Crippen molar-refractivity contribution in [2.24, 2.45) is 0 Å². The lowest BCUT2D eigenvalue weighted by Gasteiger charge is -2.38. The number of sulfonamides is 1. The minimum absolute atomic E-state index is 0.0439. The van der Waals surface area contributed by atoms with E-state index >= 15 is 4.39 Å². The van der Waals surface area contributed by atoms with Gasteiger partial charge in [-0.05, 0) is 50.3 Å². The van der Waals surface area contributed by atoms with Gasteiger partial charge in [-0.3, -0.25) is 0 Å². The number of anilines is 1. The lowest BCUT2D eigenvalue weighted by atomic mass is 10.0. The summed E-state index contributed by atoms with van der Waals surface area (Å²) in [4.78, 5) is 2.17. The molecule has 9 heteroatoms. The fourth-order valence-corrected chi connectivity index (χ4v) is 7.40. The summed E-state index contributed by atoms with van der Waals surface area (Å²) in [6.45, 7) is 3.56. The van der Waals surface area contributed by atoms with E-state index in [4.69, 9.17) is 0 Å². The van der Waals surface area contributed by atoms with Gasteiger partial charge in [-0.15, -0.1) is 10.2 Å². The quantitative estimate of drug-likeness (QED) is 0.541. The van der Waals surface area contributed by atoms with Gasteiger partial charge in [-0.2, -0.15) is 4.31 Å². The van der Waals surface area contributed by atoms with Gasteiger partial charge in [0.25, 0.3) is 0 Å². The molecular formula is C25H30FN5O2S. The Labute approximate surface area is 200 Å². The molecule has 2 saturated heterocycles. The first-order valence-electron chi connectivity index (χ1n) is 11.9. The van der Waals surface area contributed by atoms with E-state index in [1.54, 1.807) is 24.8 Å². The van der Waals surface area contributed by atoms with Crippen LogP contribution in [0.4, 0.5) is 10.1 Å². The molecule has 3 atom stereocenters. The monoisotopic (exact) mass is 483 g/mol. The van der Waals surface area contributed by atoms with Gasteiger partial charge >= 0.3 is 0 Å². The van der Waals surface area contributed by atoms with Crippen LogP contribution in [0.15, 0.2) is 61.2 Å². The van der Waals surface area contributed by atoms with Crippen LogP contribution in [0, 0.1) is 5.82 Å². The van der Waals surface area contributed by atoms with Gasteiger partial charge in [-0.25, -0.2) is 12.8 Å². The van der Waals surface area contributed by atoms with Gasteiger partial charge in [0.05, 0.1) is 6.04 Å². The third kappa shape index (κ3) is 4.46. The smallest absolute Gasteiger partial charge is 0.221 e. The van der Waals surface area contributed by atoms with Crippen LogP contribution in [0.3, 0.4) is 0 Å². The molecule has 2 aromatic carbocycles. The van der Waals surface area contributed by atoms with Gasteiger partial charge in [-0.1, -0.05) is 36.4 Å². The Hall–Kier alpha value is -2.78. The van der Waals surface area contributed by atoms with Crippen LogP contribution < -0.4 is 4.90 Å². The molecule has 0 radical (unpaired) electrons. The van der Waals surface area contributed by atoms with Crippen molar-refractivity contribution in [3.05, 3.63) is 78.1 Å². The van der Waals surface area contributed by atoms with Crippen molar-refractivity contribution < 1.29 is 12.8 Å². The fraction of sp³-hybridized carbons (Fsp3) is 0.440. The maximum atomic E-state index is 15.3. The summed E-state index contributed by atoms with van der Waals surface area (Å²) in [5.41, 5.74) is 2.01. The predicted molar refractivity (Wildman–Crippen MR) is 129 cm³/mol. The third-order valence-electron chi connectivity index (χ3n) is 7.18. The Morgan fingerprint density at radius 1 is 1.03 bits per heavy atom. The van der Waals surface area contributed by atoms with E-state index < -0.39 is 15.3 Å². The van der Waals surface area contributed by atoms with Crippen molar-refractivity contribution >= 4 is 15.7 Å². The van der Waals surface area contributed by atoms with Crippen LogP contribution in [-0.2, 0) is 16.6 Å². The molecule has 0 aliphatic carbocycles. The highest BCUT2D eigenvalue weighted by molar-refractivity contribution is 7.89. The van der Waals surface area contributed by atoms with Crippen molar-refractivity contribution in [2.75, 3.05) is 18.0 Å². The molecule has 5 rings (SSSR count). The van der Waals surface area contributed by atoms with Crippen LogP contribution in [0.25, 0.3) is 0 Å². The Morgan fingerprint density at radius 3 is 2.53 bits per heavy atom. The van der Waals surface area contributed by atoms with Crippen molar-refractivity contribution in [2.45, 2.75) is 56.5 Å². The number of halogens is 1. The molecule has 3 aromatic rings. The topological polar surface area (TPSA) is 71.3 Å². The van der Waals surface area contributed by atoms with Crippen LogP contribution in [0.1, 0.15) is 55.0 Å². The van der Waals surface area contributed by atoms with Gasteiger partial charge in [0.15, 0.2) is 0 Å². The summed E-state index contributed by atoms with van der Waals surface area (Å²) in [7, 11) is -3.60. The number of aromatic nitrogens is 3. The zero-order chi connectivity index (χ0) is 23.7. The molecule has 180 valence electrons. The van der Waals surface area contributed by atoms with Crippen molar-refractivity contribution in [3.63, 3.8) is 0 Å². The lowest BCUT2D eigenvalue weighted by molar-refractivity contribution is 0.279. The molecule has 2 aliphatic heterocycles. The summed E-state index contributed by atoms with van der Waals surface area (Å²) in [6, 6.07) is 14.6. The molecule has 0 N–H and O–H groups in total.